The molecule has 5 heteroatoms. The number of nitrogens with zero attached hydrogens (tertiary/aromatic N) is 1. The minimum atomic E-state index is -0.968. The van der Waals surface area contributed by atoms with Gasteiger partial charge in [-0.05, 0) is 54.8 Å². The fourth-order valence-corrected chi connectivity index (χ4v) is 3.51. The Morgan fingerprint density at radius 2 is 1.93 bits per heavy atom. The molecule has 3 aromatic rings. The van der Waals surface area contributed by atoms with Gasteiger partial charge < -0.3 is 9.84 Å². The molecule has 5 nitrogen and oxygen atoms in total. The largest absolute Gasteiger partial charge is 0.485 e. The number of hydrogen-bond donors (Lipinski definition) is 1. The van der Waals surface area contributed by atoms with Gasteiger partial charge in [0.25, 0.3) is 0 Å². The van der Waals surface area contributed by atoms with E-state index in [-0.39, 0.29) is 17.5 Å². The van der Waals surface area contributed by atoms with Gasteiger partial charge in [-0.1, -0.05) is 18.2 Å². The Kier molecular flexibility index (Phi) is 4.65. The summed E-state index contributed by atoms with van der Waals surface area (Å²) in [6.45, 7) is 1.97. The number of aryl methyl sites for hydroxylation is 1. The summed E-state index contributed by atoms with van der Waals surface area (Å²) in [5, 5.41) is 9.08. The lowest BCUT2D eigenvalue weighted by molar-refractivity contribution is 0.0696. The van der Waals surface area contributed by atoms with Gasteiger partial charge in [0.2, 0.25) is 0 Å². The topological polar surface area (TPSA) is 76.5 Å². The van der Waals surface area contributed by atoms with E-state index in [1.165, 1.54) is 0 Å². The lowest BCUT2D eigenvalue weighted by atomic mass is 9.93. The molecular weight excluding hydrogens is 354 g/mol. The van der Waals surface area contributed by atoms with Crippen LogP contribution in [0.5, 0.6) is 5.75 Å². The molecule has 2 heterocycles. The number of hydrogen-bond acceptors (Lipinski definition) is 4. The molecule has 1 aromatic heterocycles. The lowest BCUT2D eigenvalue weighted by Gasteiger charge is -2.26. The number of ketones is 1. The van der Waals surface area contributed by atoms with Crippen molar-refractivity contribution in [2.45, 2.75) is 25.9 Å². The first-order chi connectivity index (χ1) is 13.5. The van der Waals surface area contributed by atoms with Crippen molar-refractivity contribution in [3.63, 3.8) is 0 Å². The normalized spacial score (nSPS) is 14.5. The second kappa shape index (κ2) is 7.27. The van der Waals surface area contributed by atoms with Crippen LogP contribution in [0.25, 0.3) is 11.1 Å². The van der Waals surface area contributed by atoms with Gasteiger partial charge in [-0.2, -0.15) is 0 Å². The zero-order valence-corrected chi connectivity index (χ0v) is 15.4. The van der Waals surface area contributed by atoms with Crippen molar-refractivity contribution in [1.82, 2.24) is 4.98 Å². The van der Waals surface area contributed by atoms with Crippen LogP contribution >= 0.6 is 0 Å². The Bertz CT molecular complexity index is 1070. The van der Waals surface area contributed by atoms with Crippen LogP contribution in [0.15, 0.2) is 60.9 Å². The highest BCUT2D eigenvalue weighted by molar-refractivity contribution is 5.97. The minimum absolute atomic E-state index is 0.000284. The molecule has 0 bridgehead atoms. The maximum Gasteiger partial charge on any atom is 0.335 e. The van der Waals surface area contributed by atoms with Gasteiger partial charge in [-0.3, -0.25) is 9.78 Å². The molecule has 0 radical (unpaired) electrons. The number of Topliss-reactive ketones (excluding diaryl/α,β-unsaturated/α-hetero) is 1. The van der Waals surface area contributed by atoms with Crippen LogP contribution in [-0.2, 0) is 6.42 Å². The summed E-state index contributed by atoms with van der Waals surface area (Å²) >= 11 is 0. The van der Waals surface area contributed by atoms with Gasteiger partial charge in [-0.25, -0.2) is 4.79 Å². The number of carboxylic acid groups (broad SMARTS) is 1. The van der Waals surface area contributed by atoms with E-state index in [1.807, 2.05) is 37.4 Å². The number of aromatic carboxylic acids is 1. The number of rotatable bonds is 5. The van der Waals surface area contributed by atoms with E-state index in [0.717, 1.165) is 22.3 Å². The van der Waals surface area contributed by atoms with Crippen molar-refractivity contribution in [1.29, 1.82) is 0 Å². The van der Waals surface area contributed by atoms with Crippen LogP contribution in [0, 0.1) is 0 Å². The number of pyridine rings is 1. The molecule has 0 amide bonds. The third kappa shape index (κ3) is 3.39. The summed E-state index contributed by atoms with van der Waals surface area (Å²) in [6.07, 6.45) is 4.24. The number of benzene rings is 2. The maximum atomic E-state index is 12.7. The van der Waals surface area contributed by atoms with E-state index in [9.17, 15) is 9.59 Å². The highest BCUT2D eigenvalue weighted by Crippen LogP contribution is 2.42. The smallest absolute Gasteiger partial charge is 0.335 e. The molecule has 140 valence electrons. The van der Waals surface area contributed by atoms with Crippen molar-refractivity contribution >= 4 is 11.8 Å². The van der Waals surface area contributed by atoms with Crippen molar-refractivity contribution in [3.8, 4) is 16.9 Å². The van der Waals surface area contributed by atoms with E-state index in [0.29, 0.717) is 24.2 Å². The van der Waals surface area contributed by atoms with Crippen LogP contribution in [-0.4, -0.2) is 21.8 Å². The van der Waals surface area contributed by atoms with Crippen LogP contribution in [0.3, 0.4) is 0 Å². The number of carbonyl (C=O) groups excluding carboxylic acids is 1. The van der Waals surface area contributed by atoms with E-state index >= 15 is 0 Å². The highest BCUT2D eigenvalue weighted by atomic mass is 16.5. The molecule has 1 atom stereocenters. The molecule has 1 unspecified atom stereocenters. The fourth-order valence-electron chi connectivity index (χ4n) is 3.51. The van der Waals surface area contributed by atoms with Gasteiger partial charge in [0.05, 0.1) is 5.56 Å². The van der Waals surface area contributed by atoms with Crippen LogP contribution in [0.4, 0.5) is 0 Å². The molecule has 1 aliphatic rings. The van der Waals surface area contributed by atoms with Gasteiger partial charge in [0, 0.05) is 35.5 Å². The van der Waals surface area contributed by atoms with Gasteiger partial charge in [0.1, 0.15) is 11.9 Å². The second-order valence-electron chi connectivity index (χ2n) is 6.86. The van der Waals surface area contributed by atoms with Crippen molar-refractivity contribution in [2.24, 2.45) is 0 Å². The Labute approximate surface area is 162 Å². The van der Waals surface area contributed by atoms with E-state index in [2.05, 4.69) is 4.98 Å². The van der Waals surface area contributed by atoms with E-state index in [4.69, 9.17) is 9.84 Å². The molecule has 1 N–H and O–H groups in total. The number of fused-ring (bicyclic) bond motifs is 3. The van der Waals surface area contributed by atoms with Gasteiger partial charge >= 0.3 is 5.97 Å². The monoisotopic (exact) mass is 373 g/mol. The summed E-state index contributed by atoms with van der Waals surface area (Å²) in [7, 11) is 0. The first-order valence-electron chi connectivity index (χ1n) is 9.13. The predicted octanol–water partition coefficient (Wildman–Crippen LogP) is 4.72. The van der Waals surface area contributed by atoms with Gasteiger partial charge in [-0.15, -0.1) is 0 Å². The molecule has 4 rings (SSSR count). The minimum Gasteiger partial charge on any atom is -0.485 e. The lowest BCUT2D eigenvalue weighted by Crippen LogP contribution is -2.12. The first-order valence-corrected chi connectivity index (χ1v) is 9.13. The predicted molar refractivity (Wildman–Crippen MR) is 105 cm³/mol. The quantitative estimate of drug-likeness (QED) is 0.655. The average Bonchev–Trinajstić information content (AvgIpc) is 2.72. The Balaban J connectivity index is 1.53. The summed E-state index contributed by atoms with van der Waals surface area (Å²) in [5.41, 5.74) is 4.73. The van der Waals surface area contributed by atoms with Crippen molar-refractivity contribution in [2.75, 3.05) is 0 Å². The summed E-state index contributed by atoms with van der Waals surface area (Å²) in [6, 6.07) is 14.2. The Hall–Kier alpha value is -3.47. The SMILES string of the molecule is CC1Oc2cc(C(=O)CCc3cccc(C(=O)O)c3)ccc2-c2ccncc21. The van der Waals surface area contributed by atoms with E-state index < -0.39 is 5.97 Å². The number of carboxylic acids is 1. The Morgan fingerprint density at radius 1 is 1.07 bits per heavy atom. The zero-order chi connectivity index (χ0) is 19.7. The van der Waals surface area contributed by atoms with Crippen LogP contribution in [0.2, 0.25) is 0 Å². The zero-order valence-electron chi connectivity index (χ0n) is 15.4. The average molecular weight is 373 g/mol. The fraction of sp³-hybridized carbons (Fsp3) is 0.174. The number of ether oxygens (including phenoxy) is 1. The molecule has 0 fully saturated rings. The van der Waals surface area contributed by atoms with Crippen molar-refractivity contribution < 1.29 is 19.4 Å². The third-order valence-electron chi connectivity index (χ3n) is 5.00. The van der Waals surface area contributed by atoms with Crippen LogP contribution in [0.1, 0.15) is 51.3 Å². The highest BCUT2D eigenvalue weighted by Gasteiger charge is 2.23. The molecule has 2 aromatic carbocycles. The summed E-state index contributed by atoms with van der Waals surface area (Å²) in [4.78, 5) is 27.9. The molecule has 1 aliphatic heterocycles. The molecule has 0 aliphatic carbocycles. The number of aromatic nitrogens is 1. The Morgan fingerprint density at radius 3 is 2.75 bits per heavy atom. The second-order valence-corrected chi connectivity index (χ2v) is 6.86. The van der Waals surface area contributed by atoms with E-state index in [1.54, 1.807) is 30.5 Å². The standard InChI is InChI=1S/C23H19NO4/c1-14-20-13-24-10-9-18(20)19-7-6-16(12-22(19)28-14)21(25)8-5-15-3-2-4-17(11-15)23(26)27/h2-4,6-7,9-14H,5,8H2,1H3,(H,26,27). The molecule has 0 saturated heterocycles. The molecular formula is C23H19NO4. The summed E-state index contributed by atoms with van der Waals surface area (Å²) in [5.74, 6) is -0.269. The number of carbonyl (C=O) groups is 2. The van der Waals surface area contributed by atoms with Crippen molar-refractivity contribution in [3.05, 3.63) is 83.2 Å². The molecule has 0 spiro atoms. The maximum absolute atomic E-state index is 12.7. The first kappa shape index (κ1) is 17.9. The molecule has 28 heavy (non-hydrogen) atoms. The third-order valence-corrected chi connectivity index (χ3v) is 5.00. The summed E-state index contributed by atoms with van der Waals surface area (Å²) < 4.78 is 6.00. The molecule has 0 saturated carbocycles. The van der Waals surface area contributed by atoms with Gasteiger partial charge in [0.15, 0.2) is 5.78 Å². The van der Waals surface area contributed by atoms with Crippen LogP contribution < -0.4 is 4.74 Å².